The van der Waals surface area contributed by atoms with Crippen molar-refractivity contribution in [2.75, 3.05) is 11.9 Å². The molecule has 0 saturated heterocycles. The molecule has 0 radical (unpaired) electrons. The van der Waals surface area contributed by atoms with Gasteiger partial charge in [0.2, 0.25) is 0 Å². The van der Waals surface area contributed by atoms with E-state index in [1.54, 1.807) is 6.92 Å². The number of hydrogen-bond acceptors (Lipinski definition) is 4. The van der Waals surface area contributed by atoms with Crippen molar-refractivity contribution in [3.63, 3.8) is 0 Å². The minimum Gasteiger partial charge on any atom is -0.370 e. The second kappa shape index (κ2) is 4.73. The van der Waals surface area contributed by atoms with Crippen molar-refractivity contribution >= 4 is 11.4 Å². The van der Waals surface area contributed by atoms with Crippen LogP contribution in [0.2, 0.25) is 0 Å². The molecular formula is C12H15F2N3O2. The van der Waals surface area contributed by atoms with Crippen molar-refractivity contribution in [1.82, 2.24) is 0 Å². The van der Waals surface area contributed by atoms with E-state index in [2.05, 4.69) is 5.32 Å². The Morgan fingerprint density at radius 1 is 1.53 bits per heavy atom. The van der Waals surface area contributed by atoms with E-state index in [4.69, 9.17) is 5.73 Å². The van der Waals surface area contributed by atoms with Crippen LogP contribution in [0, 0.1) is 27.7 Å². The summed E-state index contributed by atoms with van der Waals surface area (Å²) in [6.45, 7) is 1.95. The predicted octanol–water partition coefficient (Wildman–Crippen LogP) is 2.41. The number of hydrogen-bond donors (Lipinski definition) is 2. The van der Waals surface area contributed by atoms with Gasteiger partial charge >= 0.3 is 0 Å². The van der Waals surface area contributed by atoms with Crippen LogP contribution < -0.4 is 11.1 Å². The first-order valence-corrected chi connectivity index (χ1v) is 5.99. The number of rotatable bonds is 5. The second-order valence-corrected chi connectivity index (χ2v) is 5.03. The molecule has 1 aromatic rings. The quantitative estimate of drug-likeness (QED) is 0.636. The Morgan fingerprint density at radius 3 is 2.63 bits per heavy atom. The molecule has 1 atom stereocenters. The van der Waals surface area contributed by atoms with Crippen LogP contribution in [-0.4, -0.2) is 17.0 Å². The highest BCUT2D eigenvalue weighted by Crippen LogP contribution is 2.42. The fourth-order valence-electron chi connectivity index (χ4n) is 2.14. The molecule has 5 nitrogen and oxygen atoms in total. The standard InChI is InChI=1S/C12H15F2N3O2/c1-12(6-15,7-2-3-7)16-11-9(17(18)19)5-4-8(13)10(11)14/h4-5,7,16H,2-3,6,15H2,1H3. The molecule has 1 fully saturated rings. The molecule has 1 unspecified atom stereocenters. The lowest BCUT2D eigenvalue weighted by atomic mass is 9.95. The monoisotopic (exact) mass is 271 g/mol. The van der Waals surface area contributed by atoms with Gasteiger partial charge in [-0.1, -0.05) is 0 Å². The fourth-order valence-corrected chi connectivity index (χ4v) is 2.14. The highest BCUT2D eigenvalue weighted by molar-refractivity contribution is 5.64. The summed E-state index contributed by atoms with van der Waals surface area (Å²) in [6, 6.07) is 1.69. The molecule has 104 valence electrons. The smallest absolute Gasteiger partial charge is 0.295 e. The maximum absolute atomic E-state index is 13.8. The third kappa shape index (κ3) is 2.51. The number of nitrogens with two attached hydrogens (primary N) is 1. The summed E-state index contributed by atoms with van der Waals surface area (Å²) >= 11 is 0. The average molecular weight is 271 g/mol. The van der Waals surface area contributed by atoms with E-state index >= 15 is 0 Å². The molecular weight excluding hydrogens is 256 g/mol. The number of nitro groups is 1. The van der Waals surface area contributed by atoms with E-state index in [0.29, 0.717) is 0 Å². The maximum Gasteiger partial charge on any atom is 0.295 e. The van der Waals surface area contributed by atoms with Crippen LogP contribution >= 0.6 is 0 Å². The van der Waals surface area contributed by atoms with Crippen LogP contribution in [0.1, 0.15) is 19.8 Å². The molecule has 3 N–H and O–H groups in total. The number of nitro benzene ring substituents is 1. The van der Waals surface area contributed by atoms with Gasteiger partial charge in [0.15, 0.2) is 17.3 Å². The zero-order valence-corrected chi connectivity index (χ0v) is 10.5. The molecule has 1 aliphatic carbocycles. The van der Waals surface area contributed by atoms with Crippen molar-refractivity contribution in [2.45, 2.75) is 25.3 Å². The van der Waals surface area contributed by atoms with Crippen LogP contribution in [0.25, 0.3) is 0 Å². The third-order valence-electron chi connectivity index (χ3n) is 3.58. The normalized spacial score (nSPS) is 17.9. The topological polar surface area (TPSA) is 81.2 Å². The first kappa shape index (κ1) is 13.7. The summed E-state index contributed by atoms with van der Waals surface area (Å²) in [5, 5.41) is 13.6. The van der Waals surface area contributed by atoms with E-state index < -0.39 is 33.5 Å². The molecule has 0 amide bonds. The van der Waals surface area contributed by atoms with Gasteiger partial charge in [0, 0.05) is 18.2 Å². The van der Waals surface area contributed by atoms with Crippen molar-refractivity contribution < 1.29 is 13.7 Å². The summed E-state index contributed by atoms with van der Waals surface area (Å²) in [6.07, 6.45) is 1.84. The maximum atomic E-state index is 13.8. The summed E-state index contributed by atoms with van der Waals surface area (Å²) in [5.41, 5.74) is 4.08. The van der Waals surface area contributed by atoms with E-state index in [9.17, 15) is 18.9 Å². The molecule has 7 heteroatoms. The Labute approximate surface area is 108 Å². The van der Waals surface area contributed by atoms with E-state index in [-0.39, 0.29) is 12.5 Å². The van der Waals surface area contributed by atoms with Gasteiger partial charge in [-0.2, -0.15) is 0 Å². The van der Waals surface area contributed by atoms with Gasteiger partial charge < -0.3 is 11.1 Å². The third-order valence-corrected chi connectivity index (χ3v) is 3.58. The summed E-state index contributed by atoms with van der Waals surface area (Å²) < 4.78 is 27.0. The lowest BCUT2D eigenvalue weighted by molar-refractivity contribution is -0.384. The summed E-state index contributed by atoms with van der Waals surface area (Å²) in [7, 11) is 0. The van der Waals surface area contributed by atoms with Crippen molar-refractivity contribution in [2.24, 2.45) is 11.7 Å². The van der Waals surface area contributed by atoms with Gasteiger partial charge in [-0.3, -0.25) is 10.1 Å². The number of benzene rings is 1. The predicted molar refractivity (Wildman–Crippen MR) is 66.8 cm³/mol. The molecule has 0 bridgehead atoms. The van der Waals surface area contributed by atoms with Crippen LogP contribution in [0.5, 0.6) is 0 Å². The van der Waals surface area contributed by atoms with Crippen molar-refractivity contribution in [3.05, 3.63) is 33.9 Å². The van der Waals surface area contributed by atoms with Gasteiger partial charge in [-0.05, 0) is 31.7 Å². The molecule has 1 aliphatic rings. The second-order valence-electron chi connectivity index (χ2n) is 5.03. The van der Waals surface area contributed by atoms with Crippen LogP contribution in [0.4, 0.5) is 20.2 Å². The summed E-state index contributed by atoms with van der Waals surface area (Å²) in [5.74, 6) is -2.14. The van der Waals surface area contributed by atoms with Gasteiger partial charge in [0.05, 0.1) is 4.92 Å². The minimum atomic E-state index is -1.24. The fraction of sp³-hybridized carbons (Fsp3) is 0.500. The molecule has 19 heavy (non-hydrogen) atoms. The zero-order valence-electron chi connectivity index (χ0n) is 10.5. The SMILES string of the molecule is CC(CN)(Nc1c([N+](=O)[O-])ccc(F)c1F)C1CC1. The lowest BCUT2D eigenvalue weighted by Crippen LogP contribution is -2.45. The van der Waals surface area contributed by atoms with Crippen LogP contribution in [0.15, 0.2) is 12.1 Å². The Hall–Kier alpha value is -1.76. The minimum absolute atomic E-state index is 0.185. The average Bonchev–Trinajstić information content (AvgIpc) is 3.19. The molecule has 1 aromatic carbocycles. The van der Waals surface area contributed by atoms with Gasteiger partial charge in [-0.15, -0.1) is 0 Å². The van der Waals surface area contributed by atoms with E-state index in [0.717, 1.165) is 25.0 Å². The van der Waals surface area contributed by atoms with Crippen molar-refractivity contribution in [3.8, 4) is 0 Å². The number of halogens is 2. The van der Waals surface area contributed by atoms with E-state index in [1.807, 2.05) is 0 Å². The Balaban J connectivity index is 2.42. The Morgan fingerprint density at radius 2 is 2.16 bits per heavy atom. The molecule has 2 rings (SSSR count). The van der Waals surface area contributed by atoms with E-state index in [1.165, 1.54) is 0 Å². The first-order valence-electron chi connectivity index (χ1n) is 5.99. The number of nitrogens with one attached hydrogen (secondary N) is 1. The highest BCUT2D eigenvalue weighted by Gasteiger charge is 2.42. The summed E-state index contributed by atoms with van der Waals surface area (Å²) in [4.78, 5) is 10.1. The molecule has 0 aliphatic heterocycles. The Bertz CT molecular complexity index is 520. The van der Waals surface area contributed by atoms with Crippen LogP contribution in [0.3, 0.4) is 0 Å². The van der Waals surface area contributed by atoms with Gasteiger partial charge in [0.25, 0.3) is 5.69 Å². The molecule has 1 saturated carbocycles. The largest absolute Gasteiger partial charge is 0.370 e. The molecule has 0 aromatic heterocycles. The number of anilines is 1. The number of nitrogens with zero attached hydrogens (tertiary/aromatic N) is 1. The molecule has 0 heterocycles. The zero-order chi connectivity index (χ0) is 14.2. The first-order chi connectivity index (χ1) is 8.89. The highest BCUT2D eigenvalue weighted by atomic mass is 19.2. The van der Waals surface area contributed by atoms with Crippen molar-refractivity contribution in [1.29, 1.82) is 0 Å². The lowest BCUT2D eigenvalue weighted by Gasteiger charge is -2.30. The van der Waals surface area contributed by atoms with Crippen LogP contribution in [-0.2, 0) is 0 Å². The Kier molecular flexibility index (Phi) is 3.40. The molecule has 0 spiro atoms. The van der Waals surface area contributed by atoms with Gasteiger partial charge in [-0.25, -0.2) is 8.78 Å². The van der Waals surface area contributed by atoms with Gasteiger partial charge in [0.1, 0.15) is 0 Å².